The smallest absolute Gasteiger partial charge is 0.238 e. The van der Waals surface area contributed by atoms with E-state index in [1.54, 1.807) is 24.3 Å². The highest BCUT2D eigenvalue weighted by Crippen LogP contribution is 2.25. The van der Waals surface area contributed by atoms with Gasteiger partial charge in [0, 0.05) is 10.2 Å². The Hall–Kier alpha value is -1.05. The predicted octanol–water partition coefficient (Wildman–Crippen LogP) is 2.95. The zero-order valence-corrected chi connectivity index (χ0v) is 9.39. The molecule has 0 bridgehead atoms. The Morgan fingerprint density at radius 1 is 1.64 bits per heavy atom. The molecule has 0 aliphatic rings. The van der Waals surface area contributed by atoms with Gasteiger partial charge in [0.05, 0.1) is 11.1 Å². The number of hydrogen-bond donors (Lipinski definition) is 1. The van der Waals surface area contributed by atoms with Gasteiger partial charge in [0.15, 0.2) is 0 Å². The molecule has 1 rings (SSSR count). The lowest BCUT2D eigenvalue weighted by atomic mass is 10.3. The summed E-state index contributed by atoms with van der Waals surface area (Å²) in [6, 6.07) is 6.77. The van der Waals surface area contributed by atoms with Crippen LogP contribution >= 0.6 is 27.5 Å². The lowest BCUT2D eigenvalue weighted by molar-refractivity contribution is -0.115. The van der Waals surface area contributed by atoms with Crippen LogP contribution in [0.5, 0.6) is 0 Å². The van der Waals surface area contributed by atoms with Crippen LogP contribution in [0.15, 0.2) is 22.7 Å². The third-order valence-electron chi connectivity index (χ3n) is 1.44. The zero-order valence-electron chi connectivity index (χ0n) is 7.05. The second-order valence-electron chi connectivity index (χ2n) is 2.51. The fraction of sp³-hybridized carbons (Fsp3) is 0.111. The summed E-state index contributed by atoms with van der Waals surface area (Å²) in [4.78, 5) is 11.0. The van der Waals surface area contributed by atoms with Gasteiger partial charge in [-0.1, -0.05) is 11.6 Å². The van der Waals surface area contributed by atoms with Crippen molar-refractivity contribution < 1.29 is 4.79 Å². The molecule has 1 aromatic rings. The molecule has 5 heteroatoms. The van der Waals surface area contributed by atoms with Gasteiger partial charge in [-0.15, -0.1) is 0 Å². The van der Waals surface area contributed by atoms with Crippen molar-refractivity contribution >= 4 is 39.1 Å². The van der Waals surface area contributed by atoms with E-state index in [-0.39, 0.29) is 12.3 Å². The Kier molecular flexibility index (Phi) is 3.93. The molecule has 0 saturated heterocycles. The molecule has 14 heavy (non-hydrogen) atoms. The molecule has 1 aromatic carbocycles. The number of hydrogen-bond acceptors (Lipinski definition) is 2. The van der Waals surface area contributed by atoms with Crippen molar-refractivity contribution in [3.05, 3.63) is 27.7 Å². The molecule has 0 heterocycles. The molecule has 0 radical (unpaired) electrons. The molecule has 0 saturated carbocycles. The van der Waals surface area contributed by atoms with Gasteiger partial charge in [0.25, 0.3) is 0 Å². The summed E-state index contributed by atoms with van der Waals surface area (Å²) < 4.78 is 0.703. The highest BCUT2D eigenvalue weighted by atomic mass is 79.9. The van der Waals surface area contributed by atoms with Gasteiger partial charge in [-0.2, -0.15) is 5.26 Å². The molecule has 0 aliphatic carbocycles. The molecule has 1 amide bonds. The van der Waals surface area contributed by atoms with Crippen LogP contribution < -0.4 is 5.32 Å². The predicted molar refractivity (Wildman–Crippen MR) is 58.0 cm³/mol. The van der Waals surface area contributed by atoms with Gasteiger partial charge >= 0.3 is 0 Å². The van der Waals surface area contributed by atoms with Gasteiger partial charge in [0.1, 0.15) is 6.42 Å². The van der Waals surface area contributed by atoms with E-state index in [1.165, 1.54) is 0 Å². The van der Waals surface area contributed by atoms with Crippen molar-refractivity contribution in [2.24, 2.45) is 0 Å². The number of benzene rings is 1. The number of nitriles is 1. The van der Waals surface area contributed by atoms with Gasteiger partial charge < -0.3 is 5.32 Å². The Morgan fingerprint density at radius 2 is 2.36 bits per heavy atom. The van der Waals surface area contributed by atoms with Crippen LogP contribution in [-0.4, -0.2) is 5.91 Å². The number of carbonyl (C=O) groups is 1. The molecular formula is C9H6BrClN2O. The molecular weight excluding hydrogens is 267 g/mol. The van der Waals surface area contributed by atoms with Gasteiger partial charge in [-0.05, 0) is 34.1 Å². The van der Waals surface area contributed by atoms with Crippen LogP contribution in [0.4, 0.5) is 5.69 Å². The lowest BCUT2D eigenvalue weighted by Gasteiger charge is -2.03. The molecule has 0 atom stereocenters. The molecule has 72 valence electrons. The summed E-state index contributed by atoms with van der Waals surface area (Å²) in [5.41, 5.74) is 0.613. The lowest BCUT2D eigenvalue weighted by Crippen LogP contribution is -2.09. The van der Waals surface area contributed by atoms with Crippen LogP contribution in [0.2, 0.25) is 5.02 Å². The Labute approximate surface area is 94.8 Å². The second-order valence-corrected chi connectivity index (χ2v) is 3.77. The number of nitrogens with one attached hydrogen (secondary N) is 1. The van der Waals surface area contributed by atoms with Gasteiger partial charge in [0.2, 0.25) is 5.91 Å². The van der Waals surface area contributed by atoms with Crippen molar-refractivity contribution in [1.82, 2.24) is 0 Å². The average molecular weight is 274 g/mol. The summed E-state index contributed by atoms with van der Waals surface area (Å²) in [6.07, 6.45) is -0.153. The summed E-state index contributed by atoms with van der Waals surface area (Å²) in [5, 5.41) is 11.4. The highest BCUT2D eigenvalue weighted by molar-refractivity contribution is 9.10. The molecule has 0 spiro atoms. The number of rotatable bonds is 2. The fourth-order valence-electron chi connectivity index (χ4n) is 0.851. The standard InChI is InChI=1S/C9H6BrClN2O/c10-7-5-6(1-2-8(7)11)13-9(14)3-4-12/h1-2,5H,3H2,(H,13,14). The van der Waals surface area contributed by atoms with E-state index in [1.807, 2.05) is 0 Å². The Morgan fingerprint density at radius 3 is 2.93 bits per heavy atom. The monoisotopic (exact) mass is 272 g/mol. The van der Waals surface area contributed by atoms with Crippen molar-refractivity contribution in [1.29, 1.82) is 5.26 Å². The Bertz CT molecular complexity index is 400. The van der Waals surface area contributed by atoms with E-state index < -0.39 is 0 Å². The SMILES string of the molecule is N#CCC(=O)Nc1ccc(Cl)c(Br)c1. The van der Waals surface area contributed by atoms with Crippen LogP contribution in [0.25, 0.3) is 0 Å². The minimum atomic E-state index is -0.332. The van der Waals surface area contributed by atoms with Gasteiger partial charge in [-0.3, -0.25) is 4.79 Å². The molecule has 3 nitrogen and oxygen atoms in total. The van der Waals surface area contributed by atoms with E-state index in [2.05, 4.69) is 21.2 Å². The maximum atomic E-state index is 11.0. The van der Waals surface area contributed by atoms with Crippen molar-refractivity contribution in [3.8, 4) is 6.07 Å². The van der Waals surface area contributed by atoms with E-state index in [9.17, 15) is 4.79 Å². The molecule has 0 aliphatic heterocycles. The van der Waals surface area contributed by atoms with Crippen molar-refractivity contribution in [2.75, 3.05) is 5.32 Å². The van der Waals surface area contributed by atoms with Gasteiger partial charge in [-0.25, -0.2) is 0 Å². The summed E-state index contributed by atoms with van der Waals surface area (Å²) in [7, 11) is 0. The third-order valence-corrected chi connectivity index (χ3v) is 2.66. The molecule has 1 N–H and O–H groups in total. The second kappa shape index (κ2) is 4.99. The van der Waals surface area contributed by atoms with Crippen LogP contribution in [-0.2, 0) is 4.79 Å². The number of carbonyl (C=O) groups excluding carboxylic acids is 1. The van der Waals surface area contributed by atoms with E-state index in [0.29, 0.717) is 15.2 Å². The maximum absolute atomic E-state index is 11.0. The van der Waals surface area contributed by atoms with E-state index >= 15 is 0 Å². The molecule has 0 aromatic heterocycles. The topological polar surface area (TPSA) is 52.9 Å². The number of nitrogens with zero attached hydrogens (tertiary/aromatic N) is 1. The molecule has 0 unspecified atom stereocenters. The average Bonchev–Trinajstić information content (AvgIpc) is 2.12. The minimum absolute atomic E-state index is 0.153. The third kappa shape index (κ3) is 3.02. The molecule has 0 fully saturated rings. The van der Waals surface area contributed by atoms with Crippen molar-refractivity contribution in [3.63, 3.8) is 0 Å². The first-order valence-electron chi connectivity index (χ1n) is 3.75. The van der Waals surface area contributed by atoms with Crippen molar-refractivity contribution in [2.45, 2.75) is 6.42 Å². The quantitative estimate of drug-likeness (QED) is 0.900. The summed E-state index contributed by atoms with van der Waals surface area (Å²) in [5.74, 6) is -0.332. The number of amides is 1. The maximum Gasteiger partial charge on any atom is 0.238 e. The Balaban J connectivity index is 2.74. The zero-order chi connectivity index (χ0) is 10.6. The largest absolute Gasteiger partial charge is 0.325 e. The first-order chi connectivity index (χ1) is 6.63. The van der Waals surface area contributed by atoms with Crippen LogP contribution in [0.3, 0.4) is 0 Å². The van der Waals surface area contributed by atoms with Crippen LogP contribution in [0, 0.1) is 11.3 Å². The van der Waals surface area contributed by atoms with Crippen LogP contribution in [0.1, 0.15) is 6.42 Å². The van der Waals surface area contributed by atoms with E-state index in [0.717, 1.165) is 0 Å². The minimum Gasteiger partial charge on any atom is -0.325 e. The normalized spacial score (nSPS) is 9.21. The fourth-order valence-corrected chi connectivity index (χ4v) is 1.35. The first-order valence-corrected chi connectivity index (χ1v) is 4.92. The highest BCUT2D eigenvalue weighted by Gasteiger charge is 2.03. The number of halogens is 2. The summed E-state index contributed by atoms with van der Waals surface area (Å²) in [6.45, 7) is 0. The first kappa shape index (κ1) is 11.0. The summed E-state index contributed by atoms with van der Waals surface area (Å²) >= 11 is 8.99. The van der Waals surface area contributed by atoms with E-state index in [4.69, 9.17) is 16.9 Å². The number of anilines is 1.